The highest BCUT2D eigenvalue weighted by Gasteiger charge is 2.09. The maximum absolute atomic E-state index is 10.5. The van der Waals surface area contributed by atoms with Crippen LogP contribution >= 0.6 is 0 Å². The zero-order chi connectivity index (χ0) is 10.0. The highest BCUT2D eigenvalue weighted by Crippen LogP contribution is 2.16. The van der Waals surface area contributed by atoms with Crippen molar-refractivity contribution < 1.29 is 20.1 Å². The van der Waals surface area contributed by atoms with Crippen LogP contribution in [0.2, 0.25) is 0 Å². The second-order valence-corrected chi connectivity index (χ2v) is 2.57. The summed E-state index contributed by atoms with van der Waals surface area (Å²) in [6, 6.07) is 3.70. The number of nitrogens with two attached hydrogens (primary N) is 1. The maximum atomic E-state index is 10.5. The highest BCUT2D eigenvalue weighted by atomic mass is 16.5. The van der Waals surface area contributed by atoms with Crippen LogP contribution in [0, 0.1) is 0 Å². The number of aliphatic hydroxyl groups excluding tert-OH is 1. The molecule has 0 fully saturated rings. The number of anilines is 1. The predicted octanol–water partition coefficient (Wildman–Crippen LogP) is -0.0498. The first-order chi connectivity index (χ1) is 6.00. The minimum Gasteiger partial charge on any atom is -0.478 e. The van der Waals surface area contributed by atoms with Crippen LogP contribution in [-0.2, 0) is 0 Å². The molecule has 70 valence electrons. The van der Waals surface area contributed by atoms with Gasteiger partial charge in [0.25, 0.3) is 0 Å². The second kappa shape index (κ2) is 3.42. The third-order valence-corrected chi connectivity index (χ3v) is 1.52. The Morgan fingerprint density at radius 3 is 2.38 bits per heavy atom. The number of aliphatic hydroxyl groups is 2. The molecule has 1 rings (SSSR count). The summed E-state index contributed by atoms with van der Waals surface area (Å²) in [7, 11) is 0. The van der Waals surface area contributed by atoms with E-state index < -0.39 is 12.3 Å². The zero-order valence-electron chi connectivity index (χ0n) is 6.64. The van der Waals surface area contributed by atoms with E-state index in [1.807, 2.05) is 0 Å². The van der Waals surface area contributed by atoms with Gasteiger partial charge in [0, 0.05) is 11.3 Å². The average Bonchev–Trinajstić information content (AvgIpc) is 2.03. The van der Waals surface area contributed by atoms with Gasteiger partial charge in [-0.05, 0) is 18.2 Å². The summed E-state index contributed by atoms with van der Waals surface area (Å²) < 4.78 is 0. The Hall–Kier alpha value is -1.59. The van der Waals surface area contributed by atoms with Gasteiger partial charge in [-0.3, -0.25) is 0 Å². The lowest BCUT2D eigenvalue weighted by molar-refractivity contribution is -0.0424. The third-order valence-electron chi connectivity index (χ3n) is 1.52. The van der Waals surface area contributed by atoms with Crippen molar-refractivity contribution in [3.63, 3.8) is 0 Å². The smallest absolute Gasteiger partial charge is 0.335 e. The molecule has 0 aliphatic rings. The van der Waals surface area contributed by atoms with Gasteiger partial charge in [0.05, 0.1) is 5.56 Å². The Morgan fingerprint density at radius 2 is 1.92 bits per heavy atom. The Labute approximate surface area is 74.0 Å². The fourth-order valence-corrected chi connectivity index (χ4v) is 0.949. The summed E-state index contributed by atoms with van der Waals surface area (Å²) in [5.41, 5.74) is 5.53. The van der Waals surface area contributed by atoms with Crippen molar-refractivity contribution in [1.29, 1.82) is 0 Å². The van der Waals surface area contributed by atoms with Gasteiger partial charge in [-0.2, -0.15) is 0 Å². The van der Waals surface area contributed by atoms with Crippen LogP contribution in [0.25, 0.3) is 0 Å². The van der Waals surface area contributed by atoms with Gasteiger partial charge < -0.3 is 21.1 Å². The molecule has 1 aromatic carbocycles. The molecular weight excluding hydrogens is 174 g/mol. The number of carbonyl (C=O) groups is 1. The molecule has 0 saturated carbocycles. The first-order valence-electron chi connectivity index (χ1n) is 3.50. The van der Waals surface area contributed by atoms with E-state index in [0.29, 0.717) is 0 Å². The zero-order valence-corrected chi connectivity index (χ0v) is 6.64. The molecule has 5 heteroatoms. The first kappa shape index (κ1) is 9.50. The van der Waals surface area contributed by atoms with Crippen LogP contribution in [0.3, 0.4) is 0 Å². The van der Waals surface area contributed by atoms with Gasteiger partial charge in [-0.25, -0.2) is 4.79 Å². The molecule has 5 N–H and O–H groups in total. The number of carboxylic acid groups (broad SMARTS) is 1. The lowest BCUT2D eigenvalue weighted by Crippen LogP contribution is -2.03. The van der Waals surface area contributed by atoms with E-state index in [2.05, 4.69) is 0 Å². The average molecular weight is 183 g/mol. The van der Waals surface area contributed by atoms with E-state index in [-0.39, 0.29) is 16.8 Å². The third kappa shape index (κ3) is 2.17. The first-order valence-corrected chi connectivity index (χ1v) is 3.50. The van der Waals surface area contributed by atoms with Crippen molar-refractivity contribution in [3.05, 3.63) is 29.3 Å². The van der Waals surface area contributed by atoms with Gasteiger partial charge in [0.15, 0.2) is 6.29 Å². The molecule has 0 saturated heterocycles. The Balaban J connectivity index is 3.19. The number of hydrogen-bond acceptors (Lipinski definition) is 4. The molecule has 5 nitrogen and oxygen atoms in total. The van der Waals surface area contributed by atoms with Gasteiger partial charge >= 0.3 is 5.97 Å². The molecule has 0 spiro atoms. The summed E-state index contributed by atoms with van der Waals surface area (Å²) in [6.45, 7) is 0. The normalized spacial score (nSPS) is 10.4. The predicted molar refractivity (Wildman–Crippen MR) is 45.0 cm³/mol. The van der Waals surface area contributed by atoms with Crippen LogP contribution in [0.5, 0.6) is 0 Å². The lowest BCUT2D eigenvalue weighted by atomic mass is 10.1. The van der Waals surface area contributed by atoms with Crippen molar-refractivity contribution in [3.8, 4) is 0 Å². The number of benzene rings is 1. The van der Waals surface area contributed by atoms with Crippen molar-refractivity contribution in [1.82, 2.24) is 0 Å². The van der Waals surface area contributed by atoms with Crippen molar-refractivity contribution in [2.24, 2.45) is 0 Å². The molecule has 0 amide bonds. The second-order valence-electron chi connectivity index (χ2n) is 2.57. The topological polar surface area (TPSA) is 104 Å². The highest BCUT2D eigenvalue weighted by molar-refractivity contribution is 5.89. The van der Waals surface area contributed by atoms with E-state index in [9.17, 15) is 4.79 Å². The Bertz CT molecular complexity index is 335. The molecule has 0 aliphatic carbocycles. The number of nitrogen functional groups attached to an aromatic ring is 1. The molecule has 0 unspecified atom stereocenters. The van der Waals surface area contributed by atoms with Crippen molar-refractivity contribution in [2.45, 2.75) is 6.29 Å². The van der Waals surface area contributed by atoms with Crippen molar-refractivity contribution >= 4 is 11.7 Å². The van der Waals surface area contributed by atoms with E-state index in [1.54, 1.807) is 0 Å². The monoisotopic (exact) mass is 183 g/mol. The molecule has 0 bridgehead atoms. The van der Waals surface area contributed by atoms with Gasteiger partial charge in [-0.15, -0.1) is 0 Å². The minimum atomic E-state index is -1.71. The maximum Gasteiger partial charge on any atom is 0.335 e. The SMILES string of the molecule is Nc1cc(C(=O)O)cc(C(O)O)c1. The molecule has 13 heavy (non-hydrogen) atoms. The van der Waals surface area contributed by atoms with Gasteiger partial charge in [-0.1, -0.05) is 0 Å². The largest absolute Gasteiger partial charge is 0.478 e. The number of carboxylic acids is 1. The number of hydrogen-bond donors (Lipinski definition) is 4. The summed E-state index contributed by atoms with van der Waals surface area (Å²) in [5.74, 6) is -1.16. The number of aromatic carboxylic acids is 1. The van der Waals surface area contributed by atoms with Crippen LogP contribution in [-0.4, -0.2) is 21.3 Å². The lowest BCUT2D eigenvalue weighted by Gasteiger charge is -2.05. The molecule has 1 aromatic rings. The molecule has 0 radical (unpaired) electrons. The Morgan fingerprint density at radius 1 is 1.31 bits per heavy atom. The number of rotatable bonds is 2. The van der Waals surface area contributed by atoms with Crippen molar-refractivity contribution in [2.75, 3.05) is 5.73 Å². The summed E-state index contributed by atoms with van der Waals surface area (Å²) in [4.78, 5) is 10.5. The van der Waals surface area contributed by atoms with Crippen LogP contribution in [0.15, 0.2) is 18.2 Å². The quantitative estimate of drug-likeness (QED) is 0.380. The molecule has 0 aliphatic heterocycles. The van der Waals surface area contributed by atoms with E-state index >= 15 is 0 Å². The summed E-state index contributed by atoms with van der Waals surface area (Å²) >= 11 is 0. The van der Waals surface area contributed by atoms with Crippen LogP contribution < -0.4 is 5.73 Å². The summed E-state index contributed by atoms with van der Waals surface area (Å²) in [6.07, 6.45) is -1.71. The van der Waals surface area contributed by atoms with E-state index in [1.165, 1.54) is 12.1 Å². The van der Waals surface area contributed by atoms with Crippen LogP contribution in [0.4, 0.5) is 5.69 Å². The molecule has 0 atom stereocenters. The standard InChI is InChI=1S/C8H9NO4/c9-6-2-4(7(10)11)1-5(3-6)8(12)13/h1-3,7,10-11H,9H2,(H,12,13). The molecule has 0 heterocycles. The fraction of sp³-hybridized carbons (Fsp3) is 0.125. The van der Waals surface area contributed by atoms with E-state index in [0.717, 1.165) is 6.07 Å². The van der Waals surface area contributed by atoms with E-state index in [4.69, 9.17) is 21.1 Å². The van der Waals surface area contributed by atoms with Gasteiger partial charge in [0.2, 0.25) is 0 Å². The van der Waals surface area contributed by atoms with Gasteiger partial charge in [0.1, 0.15) is 0 Å². The summed E-state index contributed by atoms with van der Waals surface area (Å²) in [5, 5.41) is 26.1. The van der Waals surface area contributed by atoms with Crippen LogP contribution in [0.1, 0.15) is 22.2 Å². The Kier molecular flexibility index (Phi) is 2.50. The molecular formula is C8H9NO4. The fourth-order valence-electron chi connectivity index (χ4n) is 0.949. The molecule has 0 aromatic heterocycles. The minimum absolute atomic E-state index is 0.0666.